The van der Waals surface area contributed by atoms with Gasteiger partial charge in [-0.15, -0.1) is 5.10 Å². The second-order valence-corrected chi connectivity index (χ2v) is 4.58. The second kappa shape index (κ2) is 6.42. The number of carbonyl (C=O) groups excluding carboxylic acids is 1. The van der Waals surface area contributed by atoms with Gasteiger partial charge in [-0.2, -0.15) is 5.10 Å². The van der Waals surface area contributed by atoms with Crippen LogP contribution in [0, 0.1) is 0 Å². The Balaban J connectivity index is 2.09. The van der Waals surface area contributed by atoms with Gasteiger partial charge in [-0.3, -0.25) is 14.2 Å². The van der Waals surface area contributed by atoms with E-state index in [4.69, 9.17) is 0 Å². The van der Waals surface area contributed by atoms with Crippen LogP contribution < -0.4 is 5.32 Å². The number of rotatable bonds is 6. The molecular weight excluding hydrogens is 282 g/mol. The Hall–Kier alpha value is -2.32. The molecule has 1 N–H and O–H groups in total. The minimum Gasteiger partial charge on any atom is -0.317 e. The molecule has 1 amide bonds. The van der Waals surface area contributed by atoms with Crippen LogP contribution >= 0.6 is 0 Å². The third-order valence-electron chi connectivity index (χ3n) is 2.82. The molecule has 0 aromatic carbocycles. The zero-order chi connectivity index (χ0) is 15.4. The molecule has 0 saturated carbocycles. The average Bonchev–Trinajstić information content (AvgIpc) is 3.03. The SMILES string of the molecule is CCCCn1cc(C(=O)Nc2cn(C)nc2C(F)F)nn1. The molecule has 0 aliphatic rings. The molecule has 7 nitrogen and oxygen atoms in total. The molecule has 21 heavy (non-hydrogen) atoms. The highest BCUT2D eigenvalue weighted by molar-refractivity contribution is 6.02. The van der Waals surface area contributed by atoms with Gasteiger partial charge >= 0.3 is 0 Å². The number of alkyl halides is 2. The van der Waals surface area contributed by atoms with Gasteiger partial charge in [-0.1, -0.05) is 18.6 Å². The number of nitrogens with zero attached hydrogens (tertiary/aromatic N) is 5. The third kappa shape index (κ3) is 3.61. The first-order valence-electron chi connectivity index (χ1n) is 6.54. The lowest BCUT2D eigenvalue weighted by Gasteiger charge is -2.02. The highest BCUT2D eigenvalue weighted by Gasteiger charge is 2.20. The molecule has 0 saturated heterocycles. The summed E-state index contributed by atoms with van der Waals surface area (Å²) in [6, 6.07) is 0. The van der Waals surface area contributed by atoms with Crippen molar-refractivity contribution in [2.45, 2.75) is 32.7 Å². The molecule has 0 fully saturated rings. The first-order valence-corrected chi connectivity index (χ1v) is 6.54. The number of anilines is 1. The van der Waals surface area contributed by atoms with Gasteiger partial charge in [0.2, 0.25) is 0 Å². The van der Waals surface area contributed by atoms with Gasteiger partial charge in [0, 0.05) is 19.8 Å². The Morgan fingerprint density at radius 3 is 2.86 bits per heavy atom. The number of aromatic nitrogens is 5. The molecular formula is C12H16F2N6O. The van der Waals surface area contributed by atoms with Gasteiger partial charge in [0.15, 0.2) is 11.4 Å². The minimum atomic E-state index is -2.76. The van der Waals surface area contributed by atoms with Crippen LogP contribution in [0.2, 0.25) is 0 Å². The molecule has 0 atom stereocenters. The number of unbranched alkanes of at least 4 members (excludes halogenated alkanes) is 1. The highest BCUT2D eigenvalue weighted by atomic mass is 19.3. The molecule has 2 heterocycles. The Morgan fingerprint density at radius 2 is 2.19 bits per heavy atom. The molecule has 2 rings (SSSR count). The van der Waals surface area contributed by atoms with E-state index in [9.17, 15) is 13.6 Å². The first kappa shape index (κ1) is 15.1. The van der Waals surface area contributed by atoms with E-state index in [2.05, 4.69) is 20.7 Å². The van der Waals surface area contributed by atoms with E-state index in [-0.39, 0.29) is 11.4 Å². The second-order valence-electron chi connectivity index (χ2n) is 4.58. The molecule has 0 unspecified atom stereocenters. The van der Waals surface area contributed by atoms with E-state index in [1.807, 2.05) is 6.92 Å². The van der Waals surface area contributed by atoms with Crippen LogP contribution in [0.5, 0.6) is 0 Å². The van der Waals surface area contributed by atoms with Crippen molar-refractivity contribution in [1.82, 2.24) is 24.8 Å². The zero-order valence-electron chi connectivity index (χ0n) is 11.8. The maximum Gasteiger partial charge on any atom is 0.284 e. The number of carbonyl (C=O) groups is 1. The Kier molecular flexibility index (Phi) is 4.61. The summed E-state index contributed by atoms with van der Waals surface area (Å²) in [6.07, 6.45) is 1.96. The maximum absolute atomic E-state index is 12.8. The van der Waals surface area contributed by atoms with Gasteiger partial charge in [-0.05, 0) is 6.42 Å². The smallest absolute Gasteiger partial charge is 0.284 e. The molecule has 0 aliphatic carbocycles. The molecule has 0 radical (unpaired) electrons. The van der Waals surface area contributed by atoms with Crippen LogP contribution in [0.15, 0.2) is 12.4 Å². The summed E-state index contributed by atoms with van der Waals surface area (Å²) in [5.41, 5.74) is -0.417. The van der Waals surface area contributed by atoms with Crippen LogP contribution in [-0.2, 0) is 13.6 Å². The van der Waals surface area contributed by atoms with Crippen LogP contribution in [0.3, 0.4) is 0 Å². The third-order valence-corrected chi connectivity index (χ3v) is 2.82. The van der Waals surface area contributed by atoms with E-state index in [1.165, 1.54) is 24.1 Å². The Labute approximate surface area is 119 Å². The molecule has 2 aromatic rings. The van der Waals surface area contributed by atoms with Crippen LogP contribution in [-0.4, -0.2) is 30.7 Å². The molecule has 0 bridgehead atoms. The van der Waals surface area contributed by atoms with E-state index in [0.29, 0.717) is 6.54 Å². The average molecular weight is 298 g/mol. The number of nitrogens with one attached hydrogen (secondary N) is 1. The van der Waals surface area contributed by atoms with Crippen molar-refractivity contribution >= 4 is 11.6 Å². The molecule has 9 heteroatoms. The maximum atomic E-state index is 12.8. The van der Waals surface area contributed by atoms with E-state index in [0.717, 1.165) is 12.8 Å². The normalized spacial score (nSPS) is 11.1. The van der Waals surface area contributed by atoms with Crippen molar-refractivity contribution in [2.24, 2.45) is 7.05 Å². The first-order chi connectivity index (χ1) is 10.0. The summed E-state index contributed by atoms with van der Waals surface area (Å²) in [4.78, 5) is 12.0. The fourth-order valence-corrected chi connectivity index (χ4v) is 1.78. The number of halogens is 2. The highest BCUT2D eigenvalue weighted by Crippen LogP contribution is 2.25. The van der Waals surface area contributed by atoms with Gasteiger partial charge < -0.3 is 5.32 Å². The van der Waals surface area contributed by atoms with Gasteiger partial charge in [0.25, 0.3) is 12.3 Å². The number of hydrogen-bond acceptors (Lipinski definition) is 4. The van der Waals surface area contributed by atoms with Crippen molar-refractivity contribution in [3.05, 3.63) is 23.8 Å². The molecule has 0 aliphatic heterocycles. The topological polar surface area (TPSA) is 77.6 Å². The van der Waals surface area contributed by atoms with Crippen LogP contribution in [0.4, 0.5) is 14.5 Å². The number of amides is 1. The lowest BCUT2D eigenvalue weighted by Crippen LogP contribution is -2.13. The molecule has 0 spiro atoms. The lowest BCUT2D eigenvalue weighted by atomic mass is 10.3. The van der Waals surface area contributed by atoms with Crippen molar-refractivity contribution in [3.8, 4) is 0 Å². The van der Waals surface area contributed by atoms with Gasteiger partial charge in [0.1, 0.15) is 0 Å². The van der Waals surface area contributed by atoms with Crippen molar-refractivity contribution < 1.29 is 13.6 Å². The monoisotopic (exact) mass is 298 g/mol. The van der Waals surface area contributed by atoms with Gasteiger partial charge in [-0.25, -0.2) is 8.78 Å². The zero-order valence-corrected chi connectivity index (χ0v) is 11.8. The van der Waals surface area contributed by atoms with E-state index in [1.54, 1.807) is 4.68 Å². The summed E-state index contributed by atoms with van der Waals surface area (Å²) < 4.78 is 28.3. The molecule has 114 valence electrons. The summed E-state index contributed by atoms with van der Waals surface area (Å²) >= 11 is 0. The van der Waals surface area contributed by atoms with E-state index >= 15 is 0 Å². The summed E-state index contributed by atoms with van der Waals surface area (Å²) in [6.45, 7) is 2.70. The van der Waals surface area contributed by atoms with Crippen molar-refractivity contribution in [2.75, 3.05) is 5.32 Å². The Bertz CT molecular complexity index is 621. The Morgan fingerprint density at radius 1 is 1.43 bits per heavy atom. The van der Waals surface area contributed by atoms with Crippen LogP contribution in [0.1, 0.15) is 42.4 Å². The van der Waals surface area contributed by atoms with Gasteiger partial charge in [0.05, 0.1) is 11.9 Å². The van der Waals surface area contributed by atoms with E-state index < -0.39 is 18.0 Å². The van der Waals surface area contributed by atoms with Crippen LogP contribution in [0.25, 0.3) is 0 Å². The largest absolute Gasteiger partial charge is 0.317 e. The predicted molar refractivity (Wildman–Crippen MR) is 71.0 cm³/mol. The summed E-state index contributed by atoms with van der Waals surface area (Å²) in [5.74, 6) is -0.590. The standard InChI is InChI=1S/C12H16F2N6O/c1-3-4-5-20-7-9(16-18-20)12(21)15-8-6-19(2)17-10(8)11(13)14/h6-7,11H,3-5H2,1-2H3,(H,15,21). The number of hydrogen-bond donors (Lipinski definition) is 1. The number of aryl methyl sites for hydroxylation is 2. The minimum absolute atomic E-state index is 0.0272. The predicted octanol–water partition coefficient (Wildman–Crippen LogP) is 2.00. The fourth-order valence-electron chi connectivity index (χ4n) is 1.78. The van der Waals surface area contributed by atoms with Crippen molar-refractivity contribution in [1.29, 1.82) is 0 Å². The molecule has 2 aromatic heterocycles. The fraction of sp³-hybridized carbons (Fsp3) is 0.500. The van der Waals surface area contributed by atoms with Crippen molar-refractivity contribution in [3.63, 3.8) is 0 Å². The quantitative estimate of drug-likeness (QED) is 0.885. The lowest BCUT2D eigenvalue weighted by molar-refractivity contribution is 0.102. The summed E-state index contributed by atoms with van der Waals surface area (Å²) in [7, 11) is 1.50. The summed E-state index contributed by atoms with van der Waals surface area (Å²) in [5, 5.41) is 13.5.